The number of benzene rings is 2. The molecule has 0 radical (unpaired) electrons. The molecule has 2 aromatic heterocycles. The van der Waals surface area contributed by atoms with Crippen molar-refractivity contribution in [2.45, 2.75) is 6.92 Å². The van der Waals surface area contributed by atoms with E-state index in [2.05, 4.69) is 46.0 Å². The van der Waals surface area contributed by atoms with E-state index in [-0.39, 0.29) is 5.56 Å². The maximum Gasteiger partial charge on any atom is 0.270 e. The first kappa shape index (κ1) is 19.2. The van der Waals surface area contributed by atoms with Gasteiger partial charge in [-0.2, -0.15) is 0 Å². The van der Waals surface area contributed by atoms with E-state index in [0.717, 1.165) is 37.3 Å². The van der Waals surface area contributed by atoms with Gasteiger partial charge in [-0.25, -0.2) is 4.98 Å². The minimum absolute atomic E-state index is 0.0978. The highest BCUT2D eigenvalue weighted by Gasteiger charge is 2.21. The zero-order valence-corrected chi connectivity index (χ0v) is 18.1. The number of hydrogen-bond acceptors (Lipinski definition) is 5. The van der Waals surface area contributed by atoms with Gasteiger partial charge in [0.05, 0.1) is 5.52 Å². The Hall–Kier alpha value is -2.83. The molecule has 1 fully saturated rings. The summed E-state index contributed by atoms with van der Waals surface area (Å²) in [5, 5.41) is 2.63. The quantitative estimate of drug-likeness (QED) is 0.494. The van der Waals surface area contributed by atoms with Crippen LogP contribution in [0.3, 0.4) is 0 Å². The summed E-state index contributed by atoms with van der Waals surface area (Å²) in [5.41, 5.74) is 4.93. The second-order valence-electron chi connectivity index (χ2n) is 7.51. The van der Waals surface area contributed by atoms with Gasteiger partial charge in [-0.05, 0) is 30.7 Å². The Morgan fingerprint density at radius 3 is 2.53 bits per heavy atom. The monoisotopic (exact) mass is 436 g/mol. The van der Waals surface area contributed by atoms with E-state index >= 15 is 0 Å². The summed E-state index contributed by atoms with van der Waals surface area (Å²) in [6.45, 7) is 5.47. The summed E-state index contributed by atoms with van der Waals surface area (Å²) >= 11 is 7.81. The Balaban J connectivity index is 1.45. The van der Waals surface area contributed by atoms with Crippen LogP contribution in [0.2, 0.25) is 5.02 Å². The van der Waals surface area contributed by atoms with Crippen molar-refractivity contribution in [3.05, 3.63) is 74.9 Å². The standard InChI is InChI=1S/C23H21ClN4OS/c1-15-5-4-6-16(13-15)27-9-11-28(12-10-27)23-25-20-18(14-30-21(20)22(29)26-23)17-7-2-3-8-19(17)24/h2-8,13-14H,9-12H2,1H3,(H,25,26,29). The van der Waals surface area contributed by atoms with E-state index in [1.807, 2.05) is 29.6 Å². The molecule has 3 heterocycles. The van der Waals surface area contributed by atoms with Crippen molar-refractivity contribution in [1.29, 1.82) is 0 Å². The van der Waals surface area contributed by atoms with E-state index in [0.29, 0.717) is 21.2 Å². The third-order valence-electron chi connectivity index (χ3n) is 5.52. The molecular weight excluding hydrogens is 416 g/mol. The highest BCUT2D eigenvalue weighted by molar-refractivity contribution is 7.17. The van der Waals surface area contributed by atoms with Gasteiger partial charge in [-0.15, -0.1) is 11.3 Å². The molecule has 0 spiro atoms. The highest BCUT2D eigenvalue weighted by Crippen LogP contribution is 2.35. The largest absolute Gasteiger partial charge is 0.368 e. The van der Waals surface area contributed by atoms with E-state index in [4.69, 9.17) is 16.6 Å². The molecule has 0 saturated carbocycles. The molecule has 1 aliphatic rings. The minimum Gasteiger partial charge on any atom is -0.368 e. The van der Waals surface area contributed by atoms with E-state index in [1.165, 1.54) is 22.6 Å². The van der Waals surface area contributed by atoms with Crippen LogP contribution >= 0.6 is 22.9 Å². The van der Waals surface area contributed by atoms with E-state index in [9.17, 15) is 4.79 Å². The van der Waals surface area contributed by atoms with Gasteiger partial charge in [-0.1, -0.05) is 41.9 Å². The molecule has 152 valence electrons. The van der Waals surface area contributed by atoms with Crippen molar-refractivity contribution in [2.75, 3.05) is 36.0 Å². The number of aromatic amines is 1. The Morgan fingerprint density at radius 1 is 1.00 bits per heavy atom. The Morgan fingerprint density at radius 2 is 1.77 bits per heavy atom. The SMILES string of the molecule is Cc1cccc(N2CCN(c3nc4c(-c5ccccc5Cl)csc4c(=O)[nH]3)CC2)c1. The number of halogens is 1. The molecule has 0 bridgehead atoms. The second-order valence-corrected chi connectivity index (χ2v) is 8.80. The van der Waals surface area contributed by atoms with E-state index < -0.39 is 0 Å². The van der Waals surface area contributed by atoms with Crippen LogP contribution in [-0.4, -0.2) is 36.1 Å². The lowest BCUT2D eigenvalue weighted by Crippen LogP contribution is -2.47. The molecule has 0 amide bonds. The number of H-pyrrole nitrogens is 1. The van der Waals surface area contributed by atoms with Gasteiger partial charge in [-0.3, -0.25) is 9.78 Å². The highest BCUT2D eigenvalue weighted by atomic mass is 35.5. The lowest BCUT2D eigenvalue weighted by atomic mass is 10.1. The van der Waals surface area contributed by atoms with Crippen molar-refractivity contribution in [3.63, 3.8) is 0 Å². The lowest BCUT2D eigenvalue weighted by molar-refractivity contribution is 0.640. The van der Waals surface area contributed by atoms with Gasteiger partial charge < -0.3 is 9.80 Å². The summed E-state index contributed by atoms with van der Waals surface area (Å²) in [5.74, 6) is 0.628. The predicted molar refractivity (Wildman–Crippen MR) is 126 cm³/mol. The maximum absolute atomic E-state index is 12.7. The molecule has 0 unspecified atom stereocenters. The van der Waals surface area contributed by atoms with Crippen LogP contribution in [0.25, 0.3) is 21.3 Å². The second kappa shape index (κ2) is 7.78. The molecule has 5 nitrogen and oxygen atoms in total. The third-order valence-corrected chi connectivity index (χ3v) is 6.82. The number of thiophene rings is 1. The van der Waals surface area contributed by atoms with Crippen LogP contribution in [0.15, 0.2) is 58.7 Å². The molecule has 7 heteroatoms. The first-order chi connectivity index (χ1) is 14.6. The molecular formula is C23H21ClN4OS. The number of aryl methyl sites for hydroxylation is 1. The molecule has 30 heavy (non-hydrogen) atoms. The summed E-state index contributed by atoms with van der Waals surface area (Å²) in [6.07, 6.45) is 0. The third kappa shape index (κ3) is 3.46. The number of hydrogen-bond donors (Lipinski definition) is 1. The van der Waals surface area contributed by atoms with Gasteiger partial charge in [0.15, 0.2) is 0 Å². The zero-order valence-electron chi connectivity index (χ0n) is 16.6. The Labute approximate surface area is 183 Å². The average Bonchev–Trinajstić information content (AvgIpc) is 3.19. The molecule has 4 aromatic rings. The van der Waals surface area contributed by atoms with Gasteiger partial charge in [0.25, 0.3) is 5.56 Å². The number of nitrogens with one attached hydrogen (secondary N) is 1. The van der Waals surface area contributed by atoms with Crippen molar-refractivity contribution in [2.24, 2.45) is 0 Å². The first-order valence-electron chi connectivity index (χ1n) is 9.93. The van der Waals surface area contributed by atoms with Crippen molar-refractivity contribution >= 4 is 44.8 Å². The van der Waals surface area contributed by atoms with Gasteiger partial charge >= 0.3 is 0 Å². The van der Waals surface area contributed by atoms with Crippen molar-refractivity contribution in [1.82, 2.24) is 9.97 Å². The molecule has 5 rings (SSSR count). The lowest BCUT2D eigenvalue weighted by Gasteiger charge is -2.36. The zero-order chi connectivity index (χ0) is 20.7. The fraction of sp³-hybridized carbons (Fsp3) is 0.217. The first-order valence-corrected chi connectivity index (χ1v) is 11.2. The molecule has 0 aliphatic carbocycles. The summed E-state index contributed by atoms with van der Waals surface area (Å²) in [6, 6.07) is 16.2. The van der Waals surface area contributed by atoms with E-state index in [1.54, 1.807) is 0 Å². The summed E-state index contributed by atoms with van der Waals surface area (Å²) in [7, 11) is 0. The normalized spacial score (nSPS) is 14.5. The number of nitrogens with zero attached hydrogens (tertiary/aromatic N) is 3. The minimum atomic E-state index is -0.0978. The molecule has 1 aliphatic heterocycles. The fourth-order valence-electron chi connectivity index (χ4n) is 3.94. The Bertz CT molecular complexity index is 1270. The van der Waals surface area contributed by atoms with Crippen LogP contribution in [-0.2, 0) is 0 Å². The van der Waals surface area contributed by atoms with Crippen LogP contribution in [0, 0.1) is 6.92 Å². The van der Waals surface area contributed by atoms with Crippen molar-refractivity contribution < 1.29 is 0 Å². The van der Waals surface area contributed by atoms with Crippen LogP contribution in [0.1, 0.15) is 5.56 Å². The number of anilines is 2. The summed E-state index contributed by atoms with van der Waals surface area (Å²) in [4.78, 5) is 25.1. The topological polar surface area (TPSA) is 52.2 Å². The molecule has 2 aromatic carbocycles. The molecule has 0 atom stereocenters. The number of aromatic nitrogens is 2. The number of fused-ring (bicyclic) bond motifs is 1. The van der Waals surface area contributed by atoms with Crippen LogP contribution in [0.5, 0.6) is 0 Å². The fourth-order valence-corrected chi connectivity index (χ4v) is 5.07. The number of rotatable bonds is 3. The van der Waals surface area contributed by atoms with Gasteiger partial charge in [0, 0.05) is 53.4 Å². The van der Waals surface area contributed by atoms with Crippen LogP contribution in [0.4, 0.5) is 11.6 Å². The molecule has 1 saturated heterocycles. The Kier molecular flexibility index (Phi) is 4.97. The summed E-state index contributed by atoms with van der Waals surface area (Å²) < 4.78 is 0.632. The van der Waals surface area contributed by atoms with Gasteiger partial charge in [0.2, 0.25) is 5.95 Å². The molecule has 1 N–H and O–H groups in total. The predicted octanol–water partition coefficient (Wildman–Crippen LogP) is 4.94. The van der Waals surface area contributed by atoms with Gasteiger partial charge in [0.1, 0.15) is 4.70 Å². The average molecular weight is 437 g/mol. The smallest absolute Gasteiger partial charge is 0.270 e. The van der Waals surface area contributed by atoms with Crippen molar-refractivity contribution in [3.8, 4) is 11.1 Å². The van der Waals surface area contributed by atoms with Crippen LogP contribution < -0.4 is 15.4 Å². The maximum atomic E-state index is 12.7. The number of piperazine rings is 1.